The van der Waals surface area contributed by atoms with Gasteiger partial charge in [0.25, 0.3) is 5.91 Å². The van der Waals surface area contributed by atoms with Crippen LogP contribution in [0.3, 0.4) is 0 Å². The Bertz CT molecular complexity index is 910. The summed E-state index contributed by atoms with van der Waals surface area (Å²) in [4.78, 5) is 25.2. The van der Waals surface area contributed by atoms with Crippen molar-refractivity contribution in [2.75, 3.05) is 52.3 Å². The Kier molecular flexibility index (Phi) is 15.9. The van der Waals surface area contributed by atoms with Crippen molar-refractivity contribution in [1.82, 2.24) is 0 Å². The molecule has 2 rings (SSSR count). The lowest BCUT2D eigenvalue weighted by Crippen LogP contribution is -2.46. The van der Waals surface area contributed by atoms with E-state index in [2.05, 4.69) is 33.1 Å². The third-order valence-electron chi connectivity index (χ3n) is 6.66. The number of benzene rings is 2. The molecule has 0 aliphatic heterocycles. The van der Waals surface area contributed by atoms with E-state index < -0.39 is 0 Å². The molecule has 0 saturated carbocycles. The lowest BCUT2D eigenvalue weighted by molar-refractivity contribution is -0.906. The summed E-state index contributed by atoms with van der Waals surface area (Å²) in [6, 6.07) is 14.1. The summed E-state index contributed by atoms with van der Waals surface area (Å²) in [6.45, 7) is 10.2. The number of amides is 1. The zero-order chi connectivity index (χ0) is 27.5. The Morgan fingerprint density at radius 3 is 2.11 bits per heavy atom. The Morgan fingerprint density at radius 1 is 0.838 bits per heavy atom. The van der Waals surface area contributed by atoms with Gasteiger partial charge in [-0.1, -0.05) is 51.2 Å². The zero-order valence-electron chi connectivity index (χ0n) is 23.4. The van der Waals surface area contributed by atoms with E-state index in [0.29, 0.717) is 35.8 Å². The van der Waals surface area contributed by atoms with Crippen molar-refractivity contribution in [3.63, 3.8) is 0 Å². The molecule has 2 aromatic carbocycles. The fourth-order valence-electron chi connectivity index (χ4n) is 3.71. The smallest absolute Gasteiger partial charge is 0.338 e. The van der Waals surface area contributed by atoms with Crippen LogP contribution in [0.25, 0.3) is 0 Å². The molecule has 0 aliphatic rings. The van der Waals surface area contributed by atoms with E-state index in [1.165, 1.54) is 25.7 Å². The second-order valence-corrected chi connectivity index (χ2v) is 9.26. The molecule has 0 bridgehead atoms. The van der Waals surface area contributed by atoms with Crippen molar-refractivity contribution in [2.24, 2.45) is 0 Å². The van der Waals surface area contributed by atoms with E-state index in [4.69, 9.17) is 14.6 Å². The van der Waals surface area contributed by atoms with Crippen LogP contribution in [0.2, 0.25) is 0 Å². The van der Waals surface area contributed by atoms with E-state index in [0.717, 1.165) is 44.1 Å². The molecule has 0 fully saturated rings. The minimum absolute atomic E-state index is 0.241. The highest BCUT2D eigenvalue weighted by Gasteiger charge is 2.18. The summed E-state index contributed by atoms with van der Waals surface area (Å²) in [7, 11) is 3.16. The first-order valence-electron chi connectivity index (χ1n) is 13.5. The molecule has 0 radical (unpaired) electrons. The number of anilines is 1. The van der Waals surface area contributed by atoms with E-state index in [1.807, 2.05) is 18.2 Å². The van der Waals surface area contributed by atoms with Crippen molar-refractivity contribution >= 4 is 17.6 Å². The molecule has 37 heavy (non-hydrogen) atoms. The minimum atomic E-state index is -0.352. The summed E-state index contributed by atoms with van der Waals surface area (Å²) in [5.74, 6) is -0.00607. The maximum Gasteiger partial charge on any atom is 0.338 e. The highest BCUT2D eigenvalue weighted by molar-refractivity contribution is 6.06. The molecule has 0 aromatic heterocycles. The number of nitrogens with one attached hydrogen (secondary N) is 1. The Labute approximate surface area is 223 Å². The number of aliphatic hydroxyl groups excluding tert-OH is 1. The van der Waals surface area contributed by atoms with Crippen molar-refractivity contribution in [3.8, 4) is 5.75 Å². The number of rotatable bonds is 16. The van der Waals surface area contributed by atoms with Crippen molar-refractivity contribution < 1.29 is 28.7 Å². The summed E-state index contributed by atoms with van der Waals surface area (Å²) in [5, 5.41) is 9.89. The van der Waals surface area contributed by atoms with Crippen LogP contribution >= 0.6 is 0 Å². The molecule has 2 aromatic rings. The van der Waals surface area contributed by atoms with E-state index in [1.54, 1.807) is 30.3 Å². The van der Waals surface area contributed by atoms with E-state index in [9.17, 15) is 9.59 Å². The van der Waals surface area contributed by atoms with Gasteiger partial charge in [-0.3, -0.25) is 4.79 Å². The van der Waals surface area contributed by atoms with Gasteiger partial charge >= 0.3 is 5.97 Å². The molecule has 2 N–H and O–H groups in total. The Morgan fingerprint density at radius 2 is 1.46 bits per heavy atom. The molecule has 0 atom stereocenters. The molecular formula is C30H47N2O5+. The molecular weight excluding hydrogens is 468 g/mol. The maximum atomic E-state index is 12.9. The van der Waals surface area contributed by atoms with Gasteiger partial charge in [0.15, 0.2) is 0 Å². The van der Waals surface area contributed by atoms with Crippen LogP contribution in [0.4, 0.5) is 5.69 Å². The number of unbranched alkanes of at least 4 members (excludes halogenated alkanes) is 5. The van der Waals surface area contributed by atoms with Gasteiger partial charge in [-0.2, -0.15) is 0 Å². The predicted molar refractivity (Wildman–Crippen MR) is 150 cm³/mol. The average molecular weight is 516 g/mol. The fourth-order valence-corrected chi connectivity index (χ4v) is 3.71. The van der Waals surface area contributed by atoms with Crippen LogP contribution in [-0.4, -0.2) is 68.5 Å². The molecule has 0 aliphatic carbocycles. The molecule has 206 valence electrons. The number of aliphatic hydroxyl groups is 1. The third kappa shape index (κ3) is 11.8. The first-order chi connectivity index (χ1) is 17.9. The highest BCUT2D eigenvalue weighted by Crippen LogP contribution is 2.21. The van der Waals surface area contributed by atoms with Gasteiger partial charge in [0.1, 0.15) is 18.9 Å². The number of likely N-dealkylation sites (N-methyl/N-ethyl adjacent to an activating group) is 1. The Balaban J connectivity index is 0.00000334. The standard InChI is InChI=1S/C29H42N2O4.CH4O/c1-5-8-9-10-11-14-22-34-27-16-13-12-15-26(27)28(32)30-25-19-17-24(18-20-25)29(33)35-23-21-31(4,6-2)7-3;1-2/h12-13,15-20H,5-11,14,21-23H2,1-4H3;2H,1H3/p+1. The first kappa shape index (κ1) is 32.1. The van der Waals surface area contributed by atoms with Crippen molar-refractivity contribution in [3.05, 3.63) is 59.7 Å². The van der Waals surface area contributed by atoms with Crippen LogP contribution in [0.15, 0.2) is 48.5 Å². The molecule has 7 nitrogen and oxygen atoms in total. The lowest BCUT2D eigenvalue weighted by atomic mass is 10.1. The van der Waals surface area contributed by atoms with Gasteiger partial charge in [0.05, 0.1) is 37.9 Å². The van der Waals surface area contributed by atoms with Crippen molar-refractivity contribution in [1.29, 1.82) is 0 Å². The van der Waals surface area contributed by atoms with Crippen LogP contribution in [0.5, 0.6) is 5.75 Å². The highest BCUT2D eigenvalue weighted by atomic mass is 16.5. The first-order valence-corrected chi connectivity index (χ1v) is 13.5. The second kappa shape index (κ2) is 18.4. The zero-order valence-corrected chi connectivity index (χ0v) is 23.4. The number of quaternary nitrogens is 1. The number of nitrogens with zero attached hydrogens (tertiary/aromatic N) is 1. The van der Waals surface area contributed by atoms with Crippen molar-refractivity contribution in [2.45, 2.75) is 59.3 Å². The molecule has 0 heterocycles. The maximum absolute atomic E-state index is 12.9. The minimum Gasteiger partial charge on any atom is -0.493 e. The second-order valence-electron chi connectivity index (χ2n) is 9.26. The topological polar surface area (TPSA) is 84.9 Å². The van der Waals surface area contributed by atoms with Crippen LogP contribution in [0, 0.1) is 0 Å². The van der Waals surface area contributed by atoms with Gasteiger partial charge in [-0.05, 0) is 56.7 Å². The number of para-hydroxylation sites is 1. The summed E-state index contributed by atoms with van der Waals surface area (Å²) < 4.78 is 12.2. The SMILES string of the molecule is CCCCCCCCOc1ccccc1C(=O)Nc1ccc(C(=O)OCC[N+](C)(CC)CC)cc1.CO. The number of esters is 1. The number of carbonyl (C=O) groups excluding carboxylic acids is 2. The van der Waals surface area contributed by atoms with E-state index >= 15 is 0 Å². The molecule has 0 unspecified atom stereocenters. The van der Waals surface area contributed by atoms with E-state index in [-0.39, 0.29) is 11.9 Å². The largest absolute Gasteiger partial charge is 0.493 e. The Hall–Kier alpha value is -2.90. The number of ether oxygens (including phenoxy) is 2. The normalized spacial score (nSPS) is 10.8. The predicted octanol–water partition coefficient (Wildman–Crippen LogP) is 5.93. The summed E-state index contributed by atoms with van der Waals surface area (Å²) >= 11 is 0. The molecule has 7 heteroatoms. The molecule has 0 spiro atoms. The van der Waals surface area contributed by atoms with Gasteiger partial charge < -0.3 is 24.4 Å². The fraction of sp³-hybridized carbons (Fsp3) is 0.533. The number of hydrogen-bond acceptors (Lipinski definition) is 5. The third-order valence-corrected chi connectivity index (χ3v) is 6.66. The summed E-state index contributed by atoms with van der Waals surface area (Å²) in [5.41, 5.74) is 1.57. The van der Waals surface area contributed by atoms with Crippen LogP contribution < -0.4 is 10.1 Å². The quantitative estimate of drug-likeness (QED) is 0.164. The average Bonchev–Trinajstić information content (AvgIpc) is 2.94. The van der Waals surface area contributed by atoms with Gasteiger partial charge in [-0.25, -0.2) is 4.79 Å². The van der Waals surface area contributed by atoms with Gasteiger partial charge in [0, 0.05) is 12.8 Å². The molecule has 0 saturated heterocycles. The lowest BCUT2D eigenvalue weighted by Gasteiger charge is -2.31. The molecule has 1 amide bonds. The van der Waals surface area contributed by atoms with Gasteiger partial charge in [-0.15, -0.1) is 0 Å². The number of carbonyl (C=O) groups is 2. The van der Waals surface area contributed by atoms with Crippen LogP contribution in [0.1, 0.15) is 80.0 Å². The van der Waals surface area contributed by atoms with Crippen LogP contribution in [-0.2, 0) is 4.74 Å². The monoisotopic (exact) mass is 515 g/mol. The number of hydrogen-bond donors (Lipinski definition) is 2. The van der Waals surface area contributed by atoms with Gasteiger partial charge in [0.2, 0.25) is 0 Å². The summed E-state index contributed by atoms with van der Waals surface area (Å²) in [6.07, 6.45) is 7.12.